The normalized spacial score (nSPS) is 12.7. The van der Waals surface area contributed by atoms with Crippen molar-refractivity contribution in [2.75, 3.05) is 11.9 Å². The van der Waals surface area contributed by atoms with Crippen LogP contribution in [0.5, 0.6) is 5.75 Å². The van der Waals surface area contributed by atoms with Crippen LogP contribution in [-0.4, -0.2) is 40.8 Å². The van der Waals surface area contributed by atoms with Crippen LogP contribution in [0.3, 0.4) is 0 Å². The first-order valence-corrected chi connectivity index (χ1v) is 11.0. The fraction of sp³-hybridized carbons (Fsp3) is 0.148. The topological polar surface area (TPSA) is 125 Å². The highest BCUT2D eigenvalue weighted by molar-refractivity contribution is 5.99. The van der Waals surface area contributed by atoms with E-state index in [2.05, 4.69) is 17.2 Å². The largest absolute Gasteiger partial charge is 0.506 e. The molecule has 178 valence electrons. The Balaban J connectivity index is 1.43. The van der Waals surface area contributed by atoms with E-state index in [1.165, 1.54) is 18.2 Å². The van der Waals surface area contributed by atoms with E-state index in [1.54, 1.807) is 0 Å². The molecule has 4 N–H and O–H groups in total. The van der Waals surface area contributed by atoms with Crippen molar-refractivity contribution in [1.29, 1.82) is 0 Å². The molecule has 2 amide bonds. The van der Waals surface area contributed by atoms with Crippen molar-refractivity contribution in [2.45, 2.75) is 18.4 Å². The van der Waals surface area contributed by atoms with E-state index < -0.39 is 24.0 Å². The number of phenols is 1. The average molecular weight is 472 g/mol. The number of rotatable bonds is 8. The van der Waals surface area contributed by atoms with Crippen LogP contribution in [0, 0.1) is 0 Å². The number of benzene rings is 3. The van der Waals surface area contributed by atoms with Gasteiger partial charge in [-0.3, -0.25) is 4.79 Å². The first-order valence-electron chi connectivity index (χ1n) is 11.0. The Morgan fingerprint density at radius 2 is 1.63 bits per heavy atom. The van der Waals surface area contributed by atoms with Crippen LogP contribution in [-0.2, 0) is 9.53 Å². The highest BCUT2D eigenvalue weighted by Gasteiger charge is 2.29. The molecule has 0 saturated heterocycles. The first kappa shape index (κ1) is 23.6. The highest BCUT2D eigenvalue weighted by Crippen LogP contribution is 2.44. The number of fused-ring (bicyclic) bond motifs is 3. The van der Waals surface area contributed by atoms with Crippen LogP contribution < -0.4 is 10.6 Å². The molecule has 1 atom stereocenters. The minimum Gasteiger partial charge on any atom is -0.506 e. The van der Waals surface area contributed by atoms with Crippen LogP contribution in [0.2, 0.25) is 0 Å². The third kappa shape index (κ3) is 5.01. The summed E-state index contributed by atoms with van der Waals surface area (Å²) in [5.41, 5.74) is 4.14. The van der Waals surface area contributed by atoms with E-state index in [1.807, 2.05) is 48.5 Å². The lowest BCUT2D eigenvalue weighted by atomic mass is 9.98. The summed E-state index contributed by atoms with van der Waals surface area (Å²) >= 11 is 0. The fourth-order valence-electron chi connectivity index (χ4n) is 4.17. The van der Waals surface area contributed by atoms with E-state index in [9.17, 15) is 19.5 Å². The number of ether oxygens (including phenoxy) is 1. The number of nitrogens with one attached hydrogen (secondary N) is 2. The van der Waals surface area contributed by atoms with Crippen molar-refractivity contribution in [2.24, 2.45) is 0 Å². The van der Waals surface area contributed by atoms with Gasteiger partial charge in [0, 0.05) is 5.92 Å². The monoisotopic (exact) mass is 472 g/mol. The minimum absolute atomic E-state index is 0.0849. The lowest BCUT2D eigenvalue weighted by molar-refractivity contribution is -0.118. The average Bonchev–Trinajstić information content (AvgIpc) is 3.17. The Morgan fingerprint density at radius 1 is 1.00 bits per heavy atom. The van der Waals surface area contributed by atoms with Gasteiger partial charge in [-0.1, -0.05) is 54.6 Å². The van der Waals surface area contributed by atoms with Gasteiger partial charge in [-0.05, 0) is 46.9 Å². The first-order chi connectivity index (χ1) is 16.9. The third-order valence-electron chi connectivity index (χ3n) is 5.86. The van der Waals surface area contributed by atoms with Crippen molar-refractivity contribution >= 4 is 23.7 Å². The van der Waals surface area contributed by atoms with Gasteiger partial charge in [0.15, 0.2) is 0 Å². The van der Waals surface area contributed by atoms with Crippen LogP contribution in [0.15, 0.2) is 79.4 Å². The van der Waals surface area contributed by atoms with Crippen LogP contribution in [0.25, 0.3) is 11.1 Å². The lowest BCUT2D eigenvalue weighted by Gasteiger charge is -2.19. The Morgan fingerprint density at radius 3 is 2.23 bits per heavy atom. The summed E-state index contributed by atoms with van der Waals surface area (Å²) in [7, 11) is 0. The molecule has 0 aliphatic heterocycles. The molecule has 0 spiro atoms. The molecule has 1 aliphatic carbocycles. The van der Waals surface area contributed by atoms with E-state index in [-0.39, 0.29) is 35.9 Å². The van der Waals surface area contributed by atoms with E-state index in [0.717, 1.165) is 28.3 Å². The molecule has 0 saturated carbocycles. The molecule has 1 aliphatic rings. The fourth-order valence-corrected chi connectivity index (χ4v) is 4.17. The molecule has 0 heterocycles. The summed E-state index contributed by atoms with van der Waals surface area (Å²) < 4.78 is 5.50. The smallest absolute Gasteiger partial charge is 0.407 e. The number of anilines is 1. The Labute approximate surface area is 201 Å². The van der Waals surface area contributed by atoms with Gasteiger partial charge in [-0.15, -0.1) is 6.58 Å². The molecule has 3 aromatic rings. The maximum Gasteiger partial charge on any atom is 0.407 e. The number of amides is 2. The number of carbonyl (C=O) groups excluding carboxylic acids is 2. The van der Waals surface area contributed by atoms with E-state index in [0.29, 0.717) is 0 Å². The van der Waals surface area contributed by atoms with Crippen LogP contribution in [0.1, 0.15) is 33.8 Å². The van der Waals surface area contributed by atoms with Crippen molar-refractivity contribution in [3.05, 3.63) is 96.1 Å². The van der Waals surface area contributed by atoms with Gasteiger partial charge in [0.05, 0.1) is 11.3 Å². The molecule has 35 heavy (non-hydrogen) atoms. The number of aromatic carboxylic acids is 1. The zero-order valence-corrected chi connectivity index (χ0v) is 18.7. The molecule has 8 heteroatoms. The van der Waals surface area contributed by atoms with Gasteiger partial charge in [-0.25, -0.2) is 9.59 Å². The summed E-state index contributed by atoms with van der Waals surface area (Å²) in [6, 6.07) is 18.4. The predicted molar refractivity (Wildman–Crippen MR) is 131 cm³/mol. The molecule has 0 bridgehead atoms. The maximum atomic E-state index is 12.8. The summed E-state index contributed by atoms with van der Waals surface area (Å²) in [6.07, 6.45) is 0.772. The number of alkyl carbamates (subject to hydrolysis) is 1. The van der Waals surface area contributed by atoms with Gasteiger partial charge in [0.2, 0.25) is 5.91 Å². The Kier molecular flexibility index (Phi) is 6.82. The van der Waals surface area contributed by atoms with Gasteiger partial charge in [0.25, 0.3) is 0 Å². The number of aromatic hydroxyl groups is 1. The zero-order chi connectivity index (χ0) is 24.9. The van der Waals surface area contributed by atoms with Gasteiger partial charge in [-0.2, -0.15) is 0 Å². The van der Waals surface area contributed by atoms with Crippen LogP contribution in [0.4, 0.5) is 10.5 Å². The molecular weight excluding hydrogens is 448 g/mol. The highest BCUT2D eigenvalue weighted by atomic mass is 16.5. The predicted octanol–water partition coefficient (Wildman–Crippen LogP) is 4.51. The quantitative estimate of drug-likeness (QED) is 0.282. The zero-order valence-electron chi connectivity index (χ0n) is 18.7. The standard InChI is InChI=1S/C27H24N2O6/c1-2-7-22(25(31)28-23-14-16(26(32)33)12-13-24(23)30)29-27(34)35-15-21-19-10-5-3-8-17(19)18-9-4-6-11-20(18)21/h2-6,8-14,21-22,30H,1,7,15H2,(H,28,31)(H,29,34)(H,32,33). The second kappa shape index (κ2) is 10.1. The van der Waals surface area contributed by atoms with Gasteiger partial charge >= 0.3 is 12.1 Å². The maximum absolute atomic E-state index is 12.8. The number of hydrogen-bond donors (Lipinski definition) is 4. The number of hydrogen-bond acceptors (Lipinski definition) is 5. The molecule has 0 aromatic heterocycles. The second-order valence-corrected chi connectivity index (χ2v) is 8.07. The molecule has 4 rings (SSSR count). The summed E-state index contributed by atoms with van der Waals surface area (Å²) in [5, 5.41) is 24.1. The number of carbonyl (C=O) groups is 3. The summed E-state index contributed by atoms with van der Waals surface area (Å²) in [4.78, 5) is 36.6. The van der Waals surface area contributed by atoms with Gasteiger partial charge in [0.1, 0.15) is 18.4 Å². The van der Waals surface area contributed by atoms with Crippen molar-refractivity contribution in [1.82, 2.24) is 5.32 Å². The second-order valence-electron chi connectivity index (χ2n) is 8.07. The van der Waals surface area contributed by atoms with Crippen molar-refractivity contribution in [3.63, 3.8) is 0 Å². The molecule has 0 fully saturated rings. The molecule has 3 aromatic carbocycles. The number of carboxylic acid groups (broad SMARTS) is 1. The minimum atomic E-state index is -1.21. The molecule has 1 unspecified atom stereocenters. The van der Waals surface area contributed by atoms with Crippen LogP contribution >= 0.6 is 0 Å². The molecule has 8 nitrogen and oxygen atoms in total. The molecule has 0 radical (unpaired) electrons. The van der Waals surface area contributed by atoms with Gasteiger partial charge < -0.3 is 25.6 Å². The van der Waals surface area contributed by atoms with E-state index in [4.69, 9.17) is 9.84 Å². The van der Waals surface area contributed by atoms with Crippen molar-refractivity contribution in [3.8, 4) is 16.9 Å². The number of phenolic OH excluding ortho intramolecular Hbond substituents is 1. The SMILES string of the molecule is C=CCC(NC(=O)OCC1c2ccccc2-c2ccccc21)C(=O)Nc1cc(C(=O)O)ccc1O. The Hall–Kier alpha value is -4.59. The Bertz CT molecular complexity index is 1260. The van der Waals surface area contributed by atoms with E-state index >= 15 is 0 Å². The lowest BCUT2D eigenvalue weighted by Crippen LogP contribution is -2.44. The summed E-state index contributed by atoms with van der Waals surface area (Å²) in [5.74, 6) is -2.30. The third-order valence-corrected chi connectivity index (χ3v) is 5.86. The van der Waals surface area contributed by atoms with Crippen molar-refractivity contribution < 1.29 is 29.3 Å². The summed E-state index contributed by atoms with van der Waals surface area (Å²) in [6.45, 7) is 3.70. The molecular formula is C27H24N2O6. The number of carboxylic acids is 1.